The molecule has 0 atom stereocenters. The maximum absolute atomic E-state index is 12.7. The first-order valence-electron chi connectivity index (χ1n) is 9.20. The van der Waals surface area contributed by atoms with Crippen molar-refractivity contribution in [2.24, 2.45) is 4.99 Å². The number of ketones is 1. The standard InChI is InChI=1S/C21H20ClN3O4S2/c1-15(26)16-7-9-18(10-8-16)31(28,29)24(2)14-20(27)23-21-25(11-12-30-21)13-17-5-3-4-6-19(17)22/h3-12H,13-14H2,1-2H3. The molecule has 10 heteroatoms. The van der Waals surface area contributed by atoms with Crippen LogP contribution >= 0.6 is 22.9 Å². The molecule has 2 aromatic carbocycles. The van der Waals surface area contributed by atoms with E-state index in [0.717, 1.165) is 9.87 Å². The molecule has 0 unspecified atom stereocenters. The van der Waals surface area contributed by atoms with E-state index in [9.17, 15) is 18.0 Å². The molecule has 0 spiro atoms. The lowest BCUT2D eigenvalue weighted by atomic mass is 10.2. The van der Waals surface area contributed by atoms with Crippen LogP contribution in [0, 0.1) is 0 Å². The molecule has 3 aromatic rings. The average molecular weight is 478 g/mol. The van der Waals surface area contributed by atoms with E-state index in [-0.39, 0.29) is 10.7 Å². The van der Waals surface area contributed by atoms with Crippen LogP contribution in [0.5, 0.6) is 0 Å². The fourth-order valence-electron chi connectivity index (χ4n) is 2.78. The smallest absolute Gasteiger partial charge is 0.263 e. The van der Waals surface area contributed by atoms with E-state index >= 15 is 0 Å². The SMILES string of the molecule is CC(=O)c1ccc(S(=O)(=O)N(C)CC(=O)N=c2sccn2Cc2ccccc2Cl)cc1. The summed E-state index contributed by atoms with van der Waals surface area (Å²) in [5.74, 6) is -0.755. The Balaban J connectivity index is 1.76. The summed E-state index contributed by atoms with van der Waals surface area (Å²) in [6.45, 7) is 1.42. The molecule has 31 heavy (non-hydrogen) atoms. The number of hydrogen-bond donors (Lipinski definition) is 0. The summed E-state index contributed by atoms with van der Waals surface area (Å²) in [4.78, 5) is 28.4. The molecule has 162 valence electrons. The van der Waals surface area contributed by atoms with Gasteiger partial charge in [0.15, 0.2) is 10.6 Å². The lowest BCUT2D eigenvalue weighted by Crippen LogP contribution is -2.32. The van der Waals surface area contributed by atoms with Crippen molar-refractivity contribution in [3.8, 4) is 0 Å². The number of aromatic nitrogens is 1. The van der Waals surface area contributed by atoms with Gasteiger partial charge in [-0.25, -0.2) is 8.42 Å². The van der Waals surface area contributed by atoms with Crippen LogP contribution in [-0.2, 0) is 21.4 Å². The zero-order valence-corrected chi connectivity index (χ0v) is 19.2. The largest absolute Gasteiger partial charge is 0.319 e. The molecule has 1 aromatic heterocycles. The molecule has 0 aliphatic rings. The number of carbonyl (C=O) groups is 2. The Bertz CT molecular complexity index is 1280. The Kier molecular flexibility index (Phi) is 7.22. The Morgan fingerprint density at radius 2 is 1.81 bits per heavy atom. The number of nitrogens with zero attached hydrogens (tertiary/aromatic N) is 3. The fourth-order valence-corrected chi connectivity index (χ4v) is 4.84. The van der Waals surface area contributed by atoms with Gasteiger partial charge in [0.05, 0.1) is 18.0 Å². The van der Waals surface area contributed by atoms with Crippen molar-refractivity contribution in [2.75, 3.05) is 13.6 Å². The number of amides is 1. The number of benzene rings is 2. The van der Waals surface area contributed by atoms with Gasteiger partial charge in [0.25, 0.3) is 5.91 Å². The predicted molar refractivity (Wildman–Crippen MR) is 120 cm³/mol. The van der Waals surface area contributed by atoms with Gasteiger partial charge in [0, 0.05) is 29.2 Å². The normalized spacial score (nSPS) is 12.3. The van der Waals surface area contributed by atoms with Gasteiger partial charge in [0.2, 0.25) is 10.0 Å². The second kappa shape index (κ2) is 9.69. The van der Waals surface area contributed by atoms with E-state index in [2.05, 4.69) is 4.99 Å². The van der Waals surface area contributed by atoms with Crippen LogP contribution in [0.25, 0.3) is 0 Å². The van der Waals surface area contributed by atoms with E-state index < -0.39 is 22.5 Å². The van der Waals surface area contributed by atoms with Crippen molar-refractivity contribution in [1.29, 1.82) is 0 Å². The van der Waals surface area contributed by atoms with E-state index in [0.29, 0.717) is 21.9 Å². The zero-order valence-electron chi connectivity index (χ0n) is 16.9. The molecule has 0 N–H and O–H groups in total. The first-order chi connectivity index (χ1) is 14.7. The van der Waals surface area contributed by atoms with Gasteiger partial charge in [-0.3, -0.25) is 9.59 Å². The van der Waals surface area contributed by atoms with Crippen LogP contribution in [0.15, 0.2) is 70.0 Å². The number of thiazole rings is 1. The first kappa shape index (κ1) is 23.1. The highest BCUT2D eigenvalue weighted by Gasteiger charge is 2.23. The minimum Gasteiger partial charge on any atom is -0.319 e. The predicted octanol–water partition coefficient (Wildman–Crippen LogP) is 3.20. The van der Waals surface area contributed by atoms with Gasteiger partial charge in [-0.2, -0.15) is 9.30 Å². The molecule has 0 aliphatic heterocycles. The van der Waals surface area contributed by atoms with Crippen molar-refractivity contribution < 1.29 is 18.0 Å². The summed E-state index contributed by atoms with van der Waals surface area (Å²) in [5.41, 5.74) is 1.29. The van der Waals surface area contributed by atoms with Crippen molar-refractivity contribution in [3.05, 3.63) is 81.1 Å². The summed E-state index contributed by atoms with van der Waals surface area (Å²) in [7, 11) is -2.59. The maximum atomic E-state index is 12.7. The molecule has 0 saturated heterocycles. The van der Waals surface area contributed by atoms with Crippen LogP contribution in [0.3, 0.4) is 0 Å². The topological polar surface area (TPSA) is 88.8 Å². The zero-order chi connectivity index (χ0) is 22.6. The summed E-state index contributed by atoms with van der Waals surface area (Å²) in [6, 6.07) is 13.0. The number of sulfonamides is 1. The Morgan fingerprint density at radius 3 is 2.45 bits per heavy atom. The van der Waals surface area contributed by atoms with Crippen LogP contribution in [0.2, 0.25) is 5.02 Å². The van der Waals surface area contributed by atoms with E-state index in [1.807, 2.05) is 18.2 Å². The van der Waals surface area contributed by atoms with Gasteiger partial charge in [-0.15, -0.1) is 11.3 Å². The number of Topliss-reactive ketones (excluding diaryl/α,β-unsaturated/α-hetero) is 1. The Morgan fingerprint density at radius 1 is 1.13 bits per heavy atom. The molecule has 1 amide bonds. The quantitative estimate of drug-likeness (QED) is 0.489. The Hall–Kier alpha value is -2.59. The number of likely N-dealkylation sites (N-methyl/N-ethyl adjacent to an activating group) is 1. The maximum Gasteiger partial charge on any atom is 0.263 e. The van der Waals surface area contributed by atoms with E-state index in [1.165, 1.54) is 49.6 Å². The fraction of sp³-hybridized carbons (Fsp3) is 0.190. The minimum atomic E-state index is -3.90. The van der Waals surface area contributed by atoms with Gasteiger partial charge in [0.1, 0.15) is 0 Å². The third-order valence-corrected chi connectivity index (χ3v) is 7.49. The molecule has 0 aliphatic carbocycles. The van der Waals surface area contributed by atoms with Crippen LogP contribution in [0.1, 0.15) is 22.8 Å². The van der Waals surface area contributed by atoms with Crippen molar-refractivity contribution in [2.45, 2.75) is 18.4 Å². The number of rotatable bonds is 7. The third-order valence-electron chi connectivity index (χ3n) is 4.51. The third kappa shape index (κ3) is 5.56. The first-order valence-corrected chi connectivity index (χ1v) is 11.9. The van der Waals surface area contributed by atoms with Crippen LogP contribution in [0.4, 0.5) is 0 Å². The lowest BCUT2D eigenvalue weighted by molar-refractivity contribution is -0.118. The van der Waals surface area contributed by atoms with Crippen molar-refractivity contribution >= 4 is 44.7 Å². The second-order valence-electron chi connectivity index (χ2n) is 6.75. The molecule has 0 fully saturated rings. The summed E-state index contributed by atoms with van der Waals surface area (Å²) in [5, 5.41) is 2.40. The number of hydrogen-bond acceptors (Lipinski definition) is 5. The molecule has 0 bridgehead atoms. The Labute approximate surface area is 189 Å². The summed E-state index contributed by atoms with van der Waals surface area (Å²) < 4.78 is 28.2. The van der Waals surface area contributed by atoms with Gasteiger partial charge < -0.3 is 4.57 Å². The van der Waals surface area contributed by atoms with Gasteiger partial charge in [-0.1, -0.05) is 41.9 Å². The van der Waals surface area contributed by atoms with Crippen molar-refractivity contribution in [1.82, 2.24) is 8.87 Å². The molecule has 7 nitrogen and oxygen atoms in total. The molecular formula is C21H20ClN3O4S2. The van der Waals surface area contributed by atoms with Crippen LogP contribution < -0.4 is 4.80 Å². The molecule has 0 saturated carbocycles. The highest BCUT2D eigenvalue weighted by molar-refractivity contribution is 7.89. The monoisotopic (exact) mass is 477 g/mol. The van der Waals surface area contributed by atoms with E-state index in [4.69, 9.17) is 11.6 Å². The molecular weight excluding hydrogens is 458 g/mol. The van der Waals surface area contributed by atoms with Crippen LogP contribution in [-0.4, -0.2) is 42.6 Å². The average Bonchev–Trinajstić information content (AvgIpc) is 3.16. The van der Waals surface area contributed by atoms with Gasteiger partial charge >= 0.3 is 0 Å². The molecule has 1 heterocycles. The highest BCUT2D eigenvalue weighted by atomic mass is 35.5. The minimum absolute atomic E-state index is 0.00212. The van der Waals surface area contributed by atoms with Crippen molar-refractivity contribution in [3.63, 3.8) is 0 Å². The number of halogens is 1. The second-order valence-corrected chi connectivity index (χ2v) is 10.1. The molecule has 0 radical (unpaired) electrons. The highest BCUT2D eigenvalue weighted by Crippen LogP contribution is 2.17. The lowest BCUT2D eigenvalue weighted by Gasteiger charge is -2.15. The number of carbonyl (C=O) groups excluding carboxylic acids is 2. The molecule has 3 rings (SSSR count). The summed E-state index contributed by atoms with van der Waals surface area (Å²) in [6.07, 6.45) is 1.79. The van der Waals surface area contributed by atoms with Gasteiger partial charge in [-0.05, 0) is 30.7 Å². The summed E-state index contributed by atoms with van der Waals surface area (Å²) >= 11 is 7.47. The van der Waals surface area contributed by atoms with E-state index in [1.54, 1.807) is 22.2 Å².